The summed E-state index contributed by atoms with van der Waals surface area (Å²) in [4.78, 5) is 35.6. The molecule has 144 valence electrons. The molecule has 0 radical (unpaired) electrons. The molecule has 0 bridgehead atoms. The predicted octanol–water partition coefficient (Wildman–Crippen LogP) is 2.76. The lowest BCUT2D eigenvalue weighted by Crippen LogP contribution is -2.24. The fourth-order valence-corrected chi connectivity index (χ4v) is 2.87. The van der Waals surface area contributed by atoms with Gasteiger partial charge in [-0.25, -0.2) is 4.79 Å². The molecule has 27 heavy (non-hydrogen) atoms. The van der Waals surface area contributed by atoms with Crippen LogP contribution >= 0.6 is 11.3 Å². The summed E-state index contributed by atoms with van der Waals surface area (Å²) in [6.07, 6.45) is 0.840. The molecule has 0 saturated carbocycles. The highest BCUT2D eigenvalue weighted by atomic mass is 32.1. The lowest BCUT2D eigenvalue weighted by Gasteiger charge is -2.11. The Balaban J connectivity index is 1.73. The summed E-state index contributed by atoms with van der Waals surface area (Å²) in [5.41, 5.74) is 1.49. The topological polar surface area (TPSA) is 93.7 Å². The quantitative estimate of drug-likeness (QED) is 0.507. The fourth-order valence-electron chi connectivity index (χ4n) is 2.23. The number of nitrogens with one attached hydrogen (secondary N) is 2. The molecular formula is C19H22N2O5S. The van der Waals surface area contributed by atoms with Gasteiger partial charge < -0.3 is 20.1 Å². The molecule has 8 heteroatoms. The van der Waals surface area contributed by atoms with Gasteiger partial charge in [0, 0.05) is 18.7 Å². The third kappa shape index (κ3) is 6.74. The highest BCUT2D eigenvalue weighted by Gasteiger charge is 2.09. The van der Waals surface area contributed by atoms with Gasteiger partial charge in [0.15, 0.2) is 6.61 Å². The van der Waals surface area contributed by atoms with E-state index in [1.165, 1.54) is 18.4 Å². The predicted molar refractivity (Wildman–Crippen MR) is 103 cm³/mol. The lowest BCUT2D eigenvalue weighted by atomic mass is 10.2. The Morgan fingerprint density at radius 2 is 2.00 bits per heavy atom. The summed E-state index contributed by atoms with van der Waals surface area (Å²) in [6, 6.07) is 8.71. The number of ether oxygens (including phenoxy) is 2. The summed E-state index contributed by atoms with van der Waals surface area (Å²) in [5, 5.41) is 7.46. The molecule has 0 spiro atoms. The van der Waals surface area contributed by atoms with Crippen molar-refractivity contribution in [1.82, 2.24) is 5.32 Å². The van der Waals surface area contributed by atoms with Crippen molar-refractivity contribution in [3.8, 4) is 5.75 Å². The van der Waals surface area contributed by atoms with Crippen molar-refractivity contribution in [3.63, 3.8) is 0 Å². The van der Waals surface area contributed by atoms with Crippen molar-refractivity contribution in [1.29, 1.82) is 0 Å². The minimum absolute atomic E-state index is 0.121. The number of hydrogen-bond acceptors (Lipinski definition) is 6. The van der Waals surface area contributed by atoms with E-state index in [4.69, 9.17) is 4.74 Å². The van der Waals surface area contributed by atoms with E-state index in [0.717, 1.165) is 5.56 Å². The van der Waals surface area contributed by atoms with E-state index < -0.39 is 5.97 Å². The number of rotatable bonds is 9. The molecule has 1 aromatic heterocycles. The van der Waals surface area contributed by atoms with Gasteiger partial charge in [0.1, 0.15) is 5.75 Å². The maximum absolute atomic E-state index is 12.1. The van der Waals surface area contributed by atoms with Gasteiger partial charge in [-0.3, -0.25) is 9.59 Å². The Kier molecular flexibility index (Phi) is 7.81. The Morgan fingerprint density at radius 3 is 2.67 bits per heavy atom. The van der Waals surface area contributed by atoms with Crippen LogP contribution in [0.5, 0.6) is 5.75 Å². The molecule has 0 atom stereocenters. The first kappa shape index (κ1) is 20.4. The SMILES string of the molecule is COC(=O)COc1ccc(NC(=O)CCCNC(=O)c2cccs2)c(C)c1. The normalized spacial score (nSPS) is 10.1. The van der Waals surface area contributed by atoms with Crippen LogP contribution < -0.4 is 15.4 Å². The number of esters is 1. The van der Waals surface area contributed by atoms with Crippen molar-refractivity contribution in [2.75, 3.05) is 25.6 Å². The standard InChI is InChI=1S/C19H22N2O5S/c1-13-11-14(26-12-18(23)25-2)7-8-15(13)21-17(22)6-3-9-20-19(24)16-5-4-10-27-16/h4-5,7-8,10-11H,3,6,9,12H2,1-2H3,(H,20,24)(H,21,22). The molecule has 0 aliphatic rings. The van der Waals surface area contributed by atoms with Crippen molar-refractivity contribution in [3.05, 3.63) is 46.2 Å². The number of benzene rings is 1. The van der Waals surface area contributed by atoms with E-state index in [1.54, 1.807) is 24.3 Å². The number of methoxy groups -OCH3 is 1. The molecule has 2 rings (SSSR count). The van der Waals surface area contributed by atoms with Crippen molar-refractivity contribution in [2.24, 2.45) is 0 Å². The third-order valence-corrected chi connectivity index (χ3v) is 4.54. The van der Waals surface area contributed by atoms with Gasteiger partial charge >= 0.3 is 5.97 Å². The minimum Gasteiger partial charge on any atom is -0.482 e. The number of amides is 2. The lowest BCUT2D eigenvalue weighted by molar-refractivity contribution is -0.142. The van der Waals surface area contributed by atoms with Gasteiger partial charge in [-0.05, 0) is 48.6 Å². The van der Waals surface area contributed by atoms with E-state index in [2.05, 4.69) is 15.4 Å². The van der Waals surface area contributed by atoms with Crippen LogP contribution in [0.1, 0.15) is 28.1 Å². The van der Waals surface area contributed by atoms with Crippen molar-refractivity contribution < 1.29 is 23.9 Å². The average Bonchev–Trinajstić information content (AvgIpc) is 3.20. The first-order valence-electron chi connectivity index (χ1n) is 8.41. The summed E-state index contributed by atoms with van der Waals surface area (Å²) >= 11 is 1.38. The smallest absolute Gasteiger partial charge is 0.343 e. The molecule has 0 fully saturated rings. The molecule has 7 nitrogen and oxygen atoms in total. The molecule has 1 aromatic carbocycles. The van der Waals surface area contributed by atoms with Crippen molar-refractivity contribution in [2.45, 2.75) is 19.8 Å². The molecular weight excluding hydrogens is 368 g/mol. The molecule has 1 heterocycles. The van der Waals surface area contributed by atoms with Crippen LogP contribution in [-0.4, -0.2) is 38.0 Å². The first-order chi connectivity index (χ1) is 13.0. The summed E-state index contributed by atoms with van der Waals surface area (Å²) in [5.74, 6) is -0.195. The van der Waals surface area contributed by atoms with Gasteiger partial charge in [-0.1, -0.05) is 6.07 Å². The van der Waals surface area contributed by atoms with Crippen molar-refractivity contribution >= 4 is 34.8 Å². The largest absolute Gasteiger partial charge is 0.482 e. The zero-order valence-corrected chi connectivity index (χ0v) is 16.1. The van der Waals surface area contributed by atoms with E-state index in [0.29, 0.717) is 35.7 Å². The molecule has 0 aliphatic carbocycles. The monoisotopic (exact) mass is 390 g/mol. The van der Waals surface area contributed by atoms with Crippen LogP contribution in [0.4, 0.5) is 5.69 Å². The highest BCUT2D eigenvalue weighted by Crippen LogP contribution is 2.21. The van der Waals surface area contributed by atoms with Gasteiger partial charge in [0.2, 0.25) is 5.91 Å². The highest BCUT2D eigenvalue weighted by molar-refractivity contribution is 7.12. The second-order valence-corrected chi connectivity index (χ2v) is 6.67. The maximum Gasteiger partial charge on any atom is 0.343 e. The molecule has 2 aromatic rings. The number of carbonyl (C=O) groups excluding carboxylic acids is 3. The third-order valence-electron chi connectivity index (χ3n) is 3.67. The number of hydrogen-bond donors (Lipinski definition) is 2. The molecule has 2 amide bonds. The first-order valence-corrected chi connectivity index (χ1v) is 9.29. The maximum atomic E-state index is 12.1. The molecule has 0 aliphatic heterocycles. The van der Waals surface area contributed by atoms with Crippen LogP contribution in [-0.2, 0) is 14.3 Å². The van der Waals surface area contributed by atoms with E-state index in [9.17, 15) is 14.4 Å². The summed E-state index contributed by atoms with van der Waals surface area (Å²) < 4.78 is 9.82. The van der Waals surface area contributed by atoms with Crippen LogP contribution in [0.15, 0.2) is 35.7 Å². The second kappa shape index (κ2) is 10.3. The van der Waals surface area contributed by atoms with E-state index in [-0.39, 0.29) is 18.4 Å². The fraction of sp³-hybridized carbons (Fsp3) is 0.316. The number of carbonyl (C=O) groups is 3. The molecule has 0 unspecified atom stereocenters. The Bertz CT molecular complexity index is 789. The number of aryl methyl sites for hydroxylation is 1. The Hall–Kier alpha value is -2.87. The number of thiophene rings is 1. The van der Waals surface area contributed by atoms with E-state index in [1.807, 2.05) is 18.4 Å². The Morgan fingerprint density at radius 1 is 1.19 bits per heavy atom. The average molecular weight is 390 g/mol. The van der Waals surface area contributed by atoms with E-state index >= 15 is 0 Å². The number of anilines is 1. The summed E-state index contributed by atoms with van der Waals surface area (Å²) in [6.45, 7) is 2.10. The zero-order valence-electron chi connectivity index (χ0n) is 15.2. The second-order valence-electron chi connectivity index (χ2n) is 5.73. The van der Waals surface area contributed by atoms with Crippen LogP contribution in [0.25, 0.3) is 0 Å². The molecule has 2 N–H and O–H groups in total. The van der Waals surface area contributed by atoms with Crippen LogP contribution in [0.3, 0.4) is 0 Å². The Labute approximate surface area is 161 Å². The van der Waals surface area contributed by atoms with Crippen LogP contribution in [0.2, 0.25) is 0 Å². The summed E-state index contributed by atoms with van der Waals surface area (Å²) in [7, 11) is 1.29. The minimum atomic E-state index is -0.462. The van der Waals surface area contributed by atoms with Gasteiger partial charge in [0.25, 0.3) is 5.91 Å². The van der Waals surface area contributed by atoms with Gasteiger partial charge in [0.05, 0.1) is 12.0 Å². The van der Waals surface area contributed by atoms with Gasteiger partial charge in [-0.2, -0.15) is 0 Å². The zero-order chi connectivity index (χ0) is 19.6. The van der Waals surface area contributed by atoms with Gasteiger partial charge in [-0.15, -0.1) is 11.3 Å². The van der Waals surface area contributed by atoms with Crippen LogP contribution in [0, 0.1) is 6.92 Å². The molecule has 0 saturated heterocycles.